The Hall–Kier alpha value is -9.40. The number of benzene rings is 12. The molecule has 490 valence electrons. The number of anilines is 12. The molecule has 0 aliphatic heterocycles. The lowest BCUT2D eigenvalue weighted by Gasteiger charge is -2.38. The standard InChI is InChI=1S/C88H90F4N4/c1-51(2)67-21-17-22-68(52(3)4)85(67)93(63-37-29-59(89)30-38-63)79-49-80(94(64-39-31-60(90)32-40-64)86-69(53(5)6)23-18-24-70(86)54(7)8)76-47-48-78-82(96(66-43-35-62(92)36-44-66)88-73(57(13)14)27-20-28-74(88)58(15)16)50-81(77-46-45-75(79)83(76)84(77)78)95(65-41-33-61(91)34-42-65)87-71(55(9)10)25-19-26-72(87)56(11)12/h17-58H,1-16H3. The smallest absolute Gasteiger partial charge is 0.123 e. The first-order valence-electron chi connectivity index (χ1n) is 34.5. The van der Waals surface area contributed by atoms with Gasteiger partial charge in [0.2, 0.25) is 0 Å². The lowest BCUT2D eigenvalue weighted by molar-refractivity contribution is 0.627. The molecule has 0 radical (unpaired) electrons. The molecule has 4 nitrogen and oxygen atoms in total. The number of rotatable bonds is 20. The van der Waals surface area contributed by atoms with Crippen molar-refractivity contribution in [3.63, 3.8) is 0 Å². The molecule has 0 heterocycles. The fourth-order valence-corrected chi connectivity index (χ4v) is 14.7. The zero-order chi connectivity index (χ0) is 68.3. The van der Waals surface area contributed by atoms with Crippen LogP contribution < -0.4 is 19.6 Å². The molecular weight excluding hydrogens is 1190 g/mol. The predicted octanol–water partition coefficient (Wildman–Crippen LogP) is 28.0. The molecule has 12 aromatic rings. The van der Waals surface area contributed by atoms with Crippen LogP contribution in [0.2, 0.25) is 0 Å². The van der Waals surface area contributed by atoms with Gasteiger partial charge >= 0.3 is 0 Å². The van der Waals surface area contributed by atoms with Crippen LogP contribution in [0.5, 0.6) is 0 Å². The SMILES string of the molecule is CC(C)c1cccc(C(C)C)c1N(c1ccc(F)cc1)c1cc(N(c2ccc(F)cc2)c2c(C(C)C)cccc2C(C)C)c2ccc3c(N(c4ccc(F)cc4)c4c(C(C)C)cccc4C(C)C)cc(N(c4ccc(F)cc4)c4c(C(C)C)cccc4C(C)C)c4ccc1c2c43. The molecule has 0 bridgehead atoms. The second-order valence-electron chi connectivity index (χ2n) is 28.5. The highest BCUT2D eigenvalue weighted by Crippen LogP contribution is 2.59. The third kappa shape index (κ3) is 12.1. The van der Waals surface area contributed by atoms with Gasteiger partial charge in [-0.05, 0) is 201 Å². The van der Waals surface area contributed by atoms with E-state index in [2.05, 4.69) is 240 Å². The van der Waals surface area contributed by atoms with E-state index in [-0.39, 0.29) is 70.6 Å². The van der Waals surface area contributed by atoms with Crippen molar-refractivity contribution >= 4 is 101 Å². The highest BCUT2D eigenvalue weighted by atomic mass is 19.1. The van der Waals surface area contributed by atoms with E-state index >= 15 is 17.6 Å². The van der Waals surface area contributed by atoms with Crippen molar-refractivity contribution in [2.45, 2.75) is 158 Å². The third-order valence-electron chi connectivity index (χ3n) is 19.4. The molecule has 0 aliphatic rings. The van der Waals surface area contributed by atoms with Gasteiger partial charge in [-0.2, -0.15) is 0 Å². The number of nitrogens with zero attached hydrogens (tertiary/aromatic N) is 4. The van der Waals surface area contributed by atoms with Crippen LogP contribution in [-0.4, -0.2) is 0 Å². The Morgan fingerprint density at radius 1 is 0.208 bits per heavy atom. The minimum Gasteiger partial charge on any atom is -0.309 e. The van der Waals surface area contributed by atoms with Crippen LogP contribution in [0.4, 0.5) is 85.8 Å². The van der Waals surface area contributed by atoms with Gasteiger partial charge in [0.05, 0.1) is 45.5 Å². The molecule has 0 aromatic heterocycles. The van der Waals surface area contributed by atoms with Gasteiger partial charge in [0.1, 0.15) is 23.3 Å². The Labute approximate surface area is 566 Å². The summed E-state index contributed by atoms with van der Waals surface area (Å²) in [4.78, 5) is 9.50. The second kappa shape index (κ2) is 27.0. The fourth-order valence-electron chi connectivity index (χ4n) is 14.7. The second-order valence-corrected chi connectivity index (χ2v) is 28.5. The van der Waals surface area contributed by atoms with Crippen molar-refractivity contribution in [1.29, 1.82) is 0 Å². The summed E-state index contributed by atoms with van der Waals surface area (Å²) >= 11 is 0. The van der Waals surface area contributed by atoms with Crippen LogP contribution in [0.1, 0.15) is 203 Å². The highest BCUT2D eigenvalue weighted by molar-refractivity contribution is 6.33. The highest BCUT2D eigenvalue weighted by Gasteiger charge is 2.35. The molecule has 0 saturated carbocycles. The average molecular weight is 1280 g/mol. The summed E-state index contributed by atoms with van der Waals surface area (Å²) in [5.74, 6) is -0.852. The van der Waals surface area contributed by atoms with Crippen LogP contribution in [0.15, 0.2) is 206 Å². The number of halogens is 4. The molecule has 0 unspecified atom stereocenters. The zero-order valence-electron chi connectivity index (χ0n) is 58.5. The molecule has 12 rings (SSSR count). The van der Waals surface area contributed by atoms with Crippen LogP contribution in [0.25, 0.3) is 32.3 Å². The monoisotopic (exact) mass is 1280 g/mol. The summed E-state index contributed by atoms with van der Waals surface area (Å²) in [6.07, 6.45) is 0. The molecule has 0 spiro atoms. The van der Waals surface area contributed by atoms with E-state index in [1.54, 1.807) is 48.5 Å². The number of para-hydroxylation sites is 4. The van der Waals surface area contributed by atoms with Gasteiger partial charge in [-0.3, -0.25) is 0 Å². The lowest BCUT2D eigenvalue weighted by Crippen LogP contribution is -2.20. The fraction of sp³-hybridized carbons (Fsp3) is 0.273. The van der Waals surface area contributed by atoms with Gasteiger partial charge in [0.25, 0.3) is 0 Å². The molecular formula is C88H90F4N4. The van der Waals surface area contributed by atoms with Gasteiger partial charge in [-0.25, -0.2) is 17.6 Å². The van der Waals surface area contributed by atoms with Gasteiger partial charge in [0, 0.05) is 55.1 Å². The van der Waals surface area contributed by atoms with Crippen LogP contribution in [0, 0.1) is 23.3 Å². The van der Waals surface area contributed by atoms with E-state index < -0.39 is 0 Å². The van der Waals surface area contributed by atoms with Crippen LogP contribution >= 0.6 is 0 Å². The van der Waals surface area contributed by atoms with E-state index in [0.717, 1.165) is 145 Å². The summed E-state index contributed by atoms with van der Waals surface area (Å²) < 4.78 is 63.2. The first-order valence-corrected chi connectivity index (χ1v) is 34.5. The minimum absolute atomic E-state index is 0.0667. The molecule has 0 saturated heterocycles. The van der Waals surface area contributed by atoms with E-state index in [9.17, 15) is 0 Å². The maximum absolute atomic E-state index is 15.8. The quantitative estimate of drug-likeness (QED) is 0.0557. The van der Waals surface area contributed by atoms with Crippen LogP contribution in [0.3, 0.4) is 0 Å². The Morgan fingerprint density at radius 2 is 0.365 bits per heavy atom. The van der Waals surface area contributed by atoms with E-state index in [1.165, 1.54) is 0 Å². The van der Waals surface area contributed by atoms with Gasteiger partial charge < -0.3 is 19.6 Å². The van der Waals surface area contributed by atoms with Crippen molar-refractivity contribution in [3.8, 4) is 0 Å². The van der Waals surface area contributed by atoms with Gasteiger partial charge in [-0.1, -0.05) is 208 Å². The van der Waals surface area contributed by atoms with E-state index in [4.69, 9.17) is 0 Å². The number of hydrogen-bond donors (Lipinski definition) is 0. The Bertz CT molecular complexity index is 4070. The first-order chi connectivity index (χ1) is 45.9. The van der Waals surface area contributed by atoms with Crippen molar-refractivity contribution in [3.05, 3.63) is 274 Å². The van der Waals surface area contributed by atoms with Crippen molar-refractivity contribution in [2.24, 2.45) is 0 Å². The molecule has 0 atom stereocenters. The third-order valence-corrected chi connectivity index (χ3v) is 19.4. The normalized spacial score (nSPS) is 12.1. The molecule has 0 N–H and O–H groups in total. The minimum atomic E-state index is -0.346. The van der Waals surface area contributed by atoms with Crippen LogP contribution in [-0.2, 0) is 0 Å². The number of hydrogen-bond acceptors (Lipinski definition) is 4. The van der Waals surface area contributed by atoms with E-state index in [0.29, 0.717) is 0 Å². The summed E-state index contributed by atoms with van der Waals surface area (Å²) in [7, 11) is 0. The topological polar surface area (TPSA) is 13.0 Å². The van der Waals surface area contributed by atoms with E-state index in [1.807, 2.05) is 48.5 Å². The molecule has 96 heavy (non-hydrogen) atoms. The molecule has 8 heteroatoms. The zero-order valence-corrected chi connectivity index (χ0v) is 58.5. The Balaban J connectivity index is 1.40. The van der Waals surface area contributed by atoms with Crippen molar-refractivity contribution < 1.29 is 17.6 Å². The Morgan fingerprint density at radius 3 is 0.510 bits per heavy atom. The summed E-state index contributed by atoms with van der Waals surface area (Å²) in [5, 5.41) is 5.66. The summed E-state index contributed by atoms with van der Waals surface area (Å²) in [6.45, 7) is 35.8. The summed E-state index contributed by atoms with van der Waals surface area (Å²) in [6, 6.07) is 67.8. The molecule has 0 fully saturated rings. The first kappa shape index (κ1) is 66.6. The van der Waals surface area contributed by atoms with Crippen molar-refractivity contribution in [2.75, 3.05) is 19.6 Å². The van der Waals surface area contributed by atoms with Gasteiger partial charge in [-0.15, -0.1) is 0 Å². The van der Waals surface area contributed by atoms with Crippen molar-refractivity contribution in [1.82, 2.24) is 0 Å². The lowest BCUT2D eigenvalue weighted by atomic mass is 9.86. The predicted molar refractivity (Wildman–Crippen MR) is 401 cm³/mol. The molecule has 0 aliphatic carbocycles. The Kier molecular flexibility index (Phi) is 18.7. The van der Waals surface area contributed by atoms with Gasteiger partial charge in [0.15, 0.2) is 0 Å². The largest absolute Gasteiger partial charge is 0.309 e. The summed E-state index contributed by atoms with van der Waals surface area (Å²) in [5.41, 5.74) is 19.6. The molecule has 12 aromatic carbocycles. The molecule has 0 amide bonds. The average Bonchev–Trinajstić information content (AvgIpc) is 0.697. The maximum Gasteiger partial charge on any atom is 0.123 e. The maximum atomic E-state index is 15.8.